The molecule has 0 saturated carbocycles. The van der Waals surface area contributed by atoms with Crippen molar-refractivity contribution in [2.24, 2.45) is 0 Å². The van der Waals surface area contributed by atoms with Crippen LogP contribution in [0.2, 0.25) is 0 Å². The first-order valence-electron chi connectivity index (χ1n) is 3.85. The predicted molar refractivity (Wildman–Crippen MR) is 45.0 cm³/mol. The number of carbonyl (C=O) groups is 1. The predicted octanol–water partition coefficient (Wildman–Crippen LogP) is 2.41. The van der Waals surface area contributed by atoms with Crippen LogP contribution in [0, 0.1) is 0 Å². The summed E-state index contributed by atoms with van der Waals surface area (Å²) in [6.45, 7) is 0. The summed E-state index contributed by atoms with van der Waals surface area (Å²) in [5.41, 5.74) is -1.52. The smallest absolute Gasteiger partial charge is 0.419 e. The van der Waals surface area contributed by atoms with Crippen LogP contribution < -0.4 is 4.74 Å². The number of rotatable bonds is 2. The van der Waals surface area contributed by atoms with Gasteiger partial charge in [-0.15, -0.1) is 0 Å². The molecule has 6 heteroatoms. The molecule has 0 aliphatic rings. The number of hydrogen-bond donors (Lipinski definition) is 1. The lowest BCUT2D eigenvalue weighted by Gasteiger charge is -2.11. The van der Waals surface area contributed by atoms with Crippen LogP contribution in [0.4, 0.5) is 13.2 Å². The van der Waals surface area contributed by atoms with Crippen LogP contribution in [0.1, 0.15) is 15.9 Å². The molecule has 0 spiro atoms. The van der Waals surface area contributed by atoms with Crippen molar-refractivity contribution in [2.75, 3.05) is 7.11 Å². The van der Waals surface area contributed by atoms with E-state index in [9.17, 15) is 18.0 Å². The van der Waals surface area contributed by atoms with Crippen LogP contribution in [-0.2, 0) is 6.18 Å². The van der Waals surface area contributed by atoms with Crippen molar-refractivity contribution < 1.29 is 27.8 Å². The van der Waals surface area contributed by atoms with Crippen LogP contribution in [0.25, 0.3) is 0 Å². The molecule has 0 radical (unpaired) electrons. The molecule has 0 bridgehead atoms. The Balaban J connectivity index is 3.32. The molecular formula is C9H7F3O3. The van der Waals surface area contributed by atoms with Gasteiger partial charge >= 0.3 is 12.1 Å². The third kappa shape index (κ3) is 2.39. The van der Waals surface area contributed by atoms with Gasteiger partial charge in [0.05, 0.1) is 18.2 Å². The van der Waals surface area contributed by atoms with Gasteiger partial charge in [-0.2, -0.15) is 13.2 Å². The highest BCUT2D eigenvalue weighted by Gasteiger charge is 2.34. The SMILES string of the molecule is COc1ccc(C(=O)O)cc1C(F)(F)F. The second kappa shape index (κ2) is 3.80. The first-order chi connectivity index (χ1) is 6.86. The van der Waals surface area contributed by atoms with Crippen molar-refractivity contribution in [2.45, 2.75) is 6.18 Å². The summed E-state index contributed by atoms with van der Waals surface area (Å²) >= 11 is 0. The van der Waals surface area contributed by atoms with Crippen molar-refractivity contribution in [3.05, 3.63) is 29.3 Å². The van der Waals surface area contributed by atoms with Crippen molar-refractivity contribution in [1.29, 1.82) is 0 Å². The molecule has 0 amide bonds. The molecule has 0 atom stereocenters. The second-order valence-electron chi connectivity index (χ2n) is 2.72. The van der Waals surface area contributed by atoms with E-state index in [1.807, 2.05) is 0 Å². The standard InChI is InChI=1S/C9H7F3O3/c1-15-7-3-2-5(8(13)14)4-6(7)9(10,11)12/h2-4H,1H3,(H,13,14). The molecule has 1 N–H and O–H groups in total. The number of methoxy groups -OCH3 is 1. The number of halogens is 3. The van der Waals surface area contributed by atoms with Gasteiger partial charge < -0.3 is 9.84 Å². The first kappa shape index (κ1) is 11.4. The molecule has 0 aliphatic heterocycles. The van der Waals surface area contributed by atoms with Crippen molar-refractivity contribution in [3.63, 3.8) is 0 Å². The van der Waals surface area contributed by atoms with Crippen molar-refractivity contribution in [1.82, 2.24) is 0 Å². The summed E-state index contributed by atoms with van der Waals surface area (Å²) in [4.78, 5) is 10.5. The Morgan fingerprint density at radius 1 is 1.40 bits per heavy atom. The number of aromatic carboxylic acids is 1. The van der Waals surface area contributed by atoms with Crippen LogP contribution in [-0.4, -0.2) is 18.2 Å². The van der Waals surface area contributed by atoms with Crippen LogP contribution in [0.15, 0.2) is 18.2 Å². The lowest BCUT2D eigenvalue weighted by atomic mass is 10.1. The Hall–Kier alpha value is -1.72. The summed E-state index contributed by atoms with van der Waals surface area (Å²) in [5, 5.41) is 8.53. The third-order valence-electron chi connectivity index (χ3n) is 1.75. The van der Waals surface area contributed by atoms with Crippen LogP contribution in [0.5, 0.6) is 5.75 Å². The Morgan fingerprint density at radius 2 is 2.00 bits per heavy atom. The van der Waals surface area contributed by atoms with Gasteiger partial charge in [0.2, 0.25) is 0 Å². The monoisotopic (exact) mass is 220 g/mol. The summed E-state index contributed by atoms with van der Waals surface area (Å²) < 4.78 is 41.7. The van der Waals surface area contributed by atoms with Gasteiger partial charge in [0.15, 0.2) is 0 Å². The fraction of sp³-hybridized carbons (Fsp3) is 0.222. The first-order valence-corrected chi connectivity index (χ1v) is 3.85. The topological polar surface area (TPSA) is 46.5 Å². The maximum absolute atomic E-state index is 12.4. The van der Waals surface area contributed by atoms with E-state index in [1.54, 1.807) is 0 Å². The molecule has 1 aromatic carbocycles. The minimum Gasteiger partial charge on any atom is -0.496 e. The number of benzene rings is 1. The number of hydrogen-bond acceptors (Lipinski definition) is 2. The van der Waals surface area contributed by atoms with Gasteiger partial charge in [-0.1, -0.05) is 0 Å². The van der Waals surface area contributed by atoms with Gasteiger partial charge in [0.25, 0.3) is 0 Å². The molecule has 15 heavy (non-hydrogen) atoms. The number of carboxylic acid groups (broad SMARTS) is 1. The summed E-state index contributed by atoms with van der Waals surface area (Å²) in [5.74, 6) is -1.81. The van der Waals surface area contributed by atoms with E-state index in [2.05, 4.69) is 4.74 Å². The summed E-state index contributed by atoms with van der Waals surface area (Å²) in [7, 11) is 1.09. The Labute approximate surface area is 83.1 Å². The molecule has 0 fully saturated rings. The fourth-order valence-corrected chi connectivity index (χ4v) is 1.06. The van der Waals surface area contributed by atoms with E-state index in [4.69, 9.17) is 5.11 Å². The Morgan fingerprint density at radius 3 is 2.40 bits per heavy atom. The normalized spacial score (nSPS) is 11.2. The molecule has 0 heterocycles. The van der Waals surface area contributed by atoms with Crippen LogP contribution in [0.3, 0.4) is 0 Å². The zero-order chi connectivity index (χ0) is 11.6. The number of ether oxygens (including phenoxy) is 1. The lowest BCUT2D eigenvalue weighted by Crippen LogP contribution is -2.09. The average molecular weight is 220 g/mol. The van der Waals surface area contributed by atoms with E-state index in [0.717, 1.165) is 19.2 Å². The van der Waals surface area contributed by atoms with Crippen molar-refractivity contribution >= 4 is 5.97 Å². The van der Waals surface area contributed by atoms with E-state index in [-0.39, 0.29) is 0 Å². The van der Waals surface area contributed by atoms with Gasteiger partial charge in [-0.3, -0.25) is 0 Å². The van der Waals surface area contributed by atoms with E-state index in [0.29, 0.717) is 6.07 Å². The minimum atomic E-state index is -4.63. The Kier molecular flexibility index (Phi) is 2.88. The van der Waals surface area contributed by atoms with Crippen LogP contribution >= 0.6 is 0 Å². The Bertz CT molecular complexity index is 385. The molecule has 0 aliphatic carbocycles. The minimum absolute atomic E-state index is 0.396. The van der Waals surface area contributed by atoms with E-state index in [1.165, 1.54) is 0 Å². The highest BCUT2D eigenvalue weighted by molar-refractivity contribution is 5.88. The zero-order valence-electron chi connectivity index (χ0n) is 7.63. The molecule has 82 valence electrons. The number of carboxylic acids is 1. The molecule has 3 nitrogen and oxygen atoms in total. The van der Waals surface area contributed by atoms with Gasteiger partial charge in [-0.05, 0) is 18.2 Å². The highest BCUT2D eigenvalue weighted by Crippen LogP contribution is 2.36. The lowest BCUT2D eigenvalue weighted by molar-refractivity contribution is -0.138. The molecule has 0 unspecified atom stereocenters. The molecule has 0 aromatic heterocycles. The van der Waals surface area contributed by atoms with E-state index >= 15 is 0 Å². The van der Waals surface area contributed by atoms with Gasteiger partial charge in [-0.25, -0.2) is 4.79 Å². The maximum Gasteiger partial charge on any atom is 0.419 e. The van der Waals surface area contributed by atoms with Crippen molar-refractivity contribution in [3.8, 4) is 5.75 Å². The maximum atomic E-state index is 12.4. The molecular weight excluding hydrogens is 213 g/mol. The largest absolute Gasteiger partial charge is 0.496 e. The van der Waals surface area contributed by atoms with Gasteiger partial charge in [0.1, 0.15) is 5.75 Å². The summed E-state index contributed by atoms with van der Waals surface area (Å²) in [6, 6.07) is 2.57. The van der Waals surface area contributed by atoms with E-state index < -0.39 is 29.0 Å². The fourth-order valence-electron chi connectivity index (χ4n) is 1.06. The number of alkyl halides is 3. The third-order valence-corrected chi connectivity index (χ3v) is 1.75. The average Bonchev–Trinajstić information content (AvgIpc) is 2.15. The highest BCUT2D eigenvalue weighted by atomic mass is 19.4. The second-order valence-corrected chi connectivity index (χ2v) is 2.72. The summed E-state index contributed by atoms with van der Waals surface area (Å²) in [6.07, 6.45) is -4.63. The zero-order valence-corrected chi connectivity index (χ0v) is 7.63. The molecule has 1 aromatic rings. The quantitative estimate of drug-likeness (QED) is 0.832. The van der Waals surface area contributed by atoms with Gasteiger partial charge in [0, 0.05) is 0 Å². The molecule has 1 rings (SSSR count). The molecule has 0 saturated heterocycles.